The minimum atomic E-state index is -0.483. The van der Waals surface area contributed by atoms with Crippen molar-refractivity contribution in [3.63, 3.8) is 0 Å². The molecule has 1 aromatic rings. The summed E-state index contributed by atoms with van der Waals surface area (Å²) < 4.78 is 6.08. The van der Waals surface area contributed by atoms with Crippen LogP contribution < -0.4 is 4.74 Å². The molecule has 0 saturated carbocycles. The summed E-state index contributed by atoms with van der Waals surface area (Å²) in [5.41, 5.74) is 1.90. The molecule has 1 N–H and O–H groups in total. The summed E-state index contributed by atoms with van der Waals surface area (Å²) in [6.07, 6.45) is -0.483. The van der Waals surface area contributed by atoms with Crippen LogP contribution in [0.1, 0.15) is 24.2 Å². The van der Waals surface area contributed by atoms with Crippen LogP contribution in [0, 0.1) is 6.92 Å². The monoisotopic (exact) mass is 244 g/mol. The van der Waals surface area contributed by atoms with Gasteiger partial charge in [0.25, 0.3) is 0 Å². The highest BCUT2D eigenvalue weighted by molar-refractivity contribution is 9.10. The minimum Gasteiger partial charge on any atom is -0.496 e. The third kappa shape index (κ3) is 2.23. The van der Waals surface area contributed by atoms with E-state index in [2.05, 4.69) is 15.9 Å². The van der Waals surface area contributed by atoms with Gasteiger partial charge in [0.1, 0.15) is 5.75 Å². The largest absolute Gasteiger partial charge is 0.496 e. The molecule has 1 rings (SSSR count). The van der Waals surface area contributed by atoms with E-state index in [1.54, 1.807) is 14.0 Å². The number of hydrogen-bond donors (Lipinski definition) is 1. The van der Waals surface area contributed by atoms with Crippen LogP contribution in [0.4, 0.5) is 0 Å². The normalized spacial score (nSPS) is 12.7. The van der Waals surface area contributed by atoms with E-state index in [4.69, 9.17) is 4.74 Å². The number of halogens is 1. The average molecular weight is 245 g/mol. The quantitative estimate of drug-likeness (QED) is 0.868. The van der Waals surface area contributed by atoms with Gasteiger partial charge in [0.2, 0.25) is 0 Å². The van der Waals surface area contributed by atoms with Gasteiger partial charge >= 0.3 is 0 Å². The molecule has 0 fully saturated rings. The Balaban J connectivity index is 3.22. The number of aliphatic hydroxyl groups excluding tert-OH is 1. The van der Waals surface area contributed by atoms with Crippen molar-refractivity contribution in [1.82, 2.24) is 0 Å². The number of aryl methyl sites for hydroxylation is 1. The lowest BCUT2D eigenvalue weighted by atomic mass is 10.1. The topological polar surface area (TPSA) is 29.5 Å². The molecule has 0 aromatic heterocycles. The summed E-state index contributed by atoms with van der Waals surface area (Å²) in [5, 5.41) is 9.43. The third-order valence-electron chi connectivity index (χ3n) is 1.96. The zero-order valence-electron chi connectivity index (χ0n) is 7.97. The lowest BCUT2D eigenvalue weighted by molar-refractivity contribution is 0.198. The maximum absolute atomic E-state index is 9.43. The SMILES string of the molecule is COc1cc(C(C)O)c(Br)cc1C. The minimum absolute atomic E-state index is 0.483. The molecule has 0 saturated heterocycles. The fourth-order valence-corrected chi connectivity index (χ4v) is 2.00. The van der Waals surface area contributed by atoms with Gasteiger partial charge in [-0.05, 0) is 37.1 Å². The van der Waals surface area contributed by atoms with E-state index in [-0.39, 0.29) is 0 Å². The number of methoxy groups -OCH3 is 1. The summed E-state index contributed by atoms with van der Waals surface area (Å²) in [4.78, 5) is 0. The molecule has 1 aromatic carbocycles. The maximum atomic E-state index is 9.43. The van der Waals surface area contributed by atoms with Gasteiger partial charge in [-0.15, -0.1) is 0 Å². The molecular formula is C10H13BrO2. The van der Waals surface area contributed by atoms with Crippen molar-refractivity contribution in [2.75, 3.05) is 7.11 Å². The molecule has 72 valence electrons. The van der Waals surface area contributed by atoms with Crippen molar-refractivity contribution in [3.8, 4) is 5.75 Å². The molecule has 13 heavy (non-hydrogen) atoms. The van der Waals surface area contributed by atoms with Crippen LogP contribution in [0.5, 0.6) is 5.75 Å². The van der Waals surface area contributed by atoms with Gasteiger partial charge in [0, 0.05) is 4.47 Å². The van der Waals surface area contributed by atoms with E-state index >= 15 is 0 Å². The smallest absolute Gasteiger partial charge is 0.122 e. The fraction of sp³-hybridized carbons (Fsp3) is 0.400. The predicted molar refractivity (Wildman–Crippen MR) is 56.1 cm³/mol. The Labute approximate surface area is 86.7 Å². The third-order valence-corrected chi connectivity index (χ3v) is 2.65. The van der Waals surface area contributed by atoms with Gasteiger partial charge in [-0.2, -0.15) is 0 Å². The van der Waals surface area contributed by atoms with Gasteiger partial charge in [0.15, 0.2) is 0 Å². The first-order chi connectivity index (χ1) is 6.06. The summed E-state index contributed by atoms with van der Waals surface area (Å²) in [5.74, 6) is 0.805. The van der Waals surface area contributed by atoms with Crippen molar-refractivity contribution in [3.05, 3.63) is 27.7 Å². The highest BCUT2D eigenvalue weighted by Gasteiger charge is 2.09. The second kappa shape index (κ2) is 4.11. The van der Waals surface area contributed by atoms with Gasteiger partial charge in [-0.3, -0.25) is 0 Å². The summed E-state index contributed by atoms with van der Waals surface area (Å²) in [6.45, 7) is 3.70. The Kier molecular flexibility index (Phi) is 3.33. The first-order valence-corrected chi connectivity index (χ1v) is 4.87. The van der Waals surface area contributed by atoms with E-state index in [9.17, 15) is 5.11 Å². The van der Waals surface area contributed by atoms with Crippen LogP contribution in [-0.4, -0.2) is 12.2 Å². The van der Waals surface area contributed by atoms with Crippen LogP contribution in [0.25, 0.3) is 0 Å². The van der Waals surface area contributed by atoms with E-state index in [1.165, 1.54) is 0 Å². The first kappa shape index (κ1) is 10.5. The molecule has 3 heteroatoms. The molecule has 1 atom stereocenters. The van der Waals surface area contributed by atoms with E-state index in [0.717, 1.165) is 21.3 Å². The van der Waals surface area contributed by atoms with Gasteiger partial charge in [-0.1, -0.05) is 15.9 Å². The van der Waals surface area contributed by atoms with E-state index < -0.39 is 6.10 Å². The second-order valence-corrected chi connectivity index (χ2v) is 3.87. The molecule has 0 bridgehead atoms. The average Bonchev–Trinajstić information content (AvgIpc) is 2.03. The summed E-state index contributed by atoms with van der Waals surface area (Å²) >= 11 is 3.40. The highest BCUT2D eigenvalue weighted by atomic mass is 79.9. The molecule has 0 aliphatic rings. The molecule has 0 aliphatic heterocycles. The van der Waals surface area contributed by atoms with Gasteiger partial charge < -0.3 is 9.84 Å². The van der Waals surface area contributed by atoms with Crippen LogP contribution in [0.2, 0.25) is 0 Å². The fourth-order valence-electron chi connectivity index (χ4n) is 1.21. The molecule has 1 unspecified atom stereocenters. The van der Waals surface area contributed by atoms with E-state index in [1.807, 2.05) is 19.1 Å². The van der Waals surface area contributed by atoms with Crippen molar-refractivity contribution in [1.29, 1.82) is 0 Å². The zero-order chi connectivity index (χ0) is 10.0. The molecule has 0 radical (unpaired) electrons. The van der Waals surface area contributed by atoms with Crippen LogP contribution >= 0.6 is 15.9 Å². The highest BCUT2D eigenvalue weighted by Crippen LogP contribution is 2.30. The number of benzene rings is 1. The Morgan fingerprint density at radius 1 is 1.46 bits per heavy atom. The summed E-state index contributed by atoms with van der Waals surface area (Å²) in [7, 11) is 1.63. The van der Waals surface area contributed by atoms with Crippen LogP contribution in [0.15, 0.2) is 16.6 Å². The second-order valence-electron chi connectivity index (χ2n) is 3.02. The number of aliphatic hydroxyl groups is 1. The molecule has 0 heterocycles. The Morgan fingerprint density at radius 2 is 2.08 bits per heavy atom. The molecule has 2 nitrogen and oxygen atoms in total. The summed E-state index contributed by atoms with van der Waals surface area (Å²) in [6, 6.07) is 3.80. The Hall–Kier alpha value is -0.540. The van der Waals surface area contributed by atoms with Crippen molar-refractivity contribution >= 4 is 15.9 Å². The van der Waals surface area contributed by atoms with E-state index in [0.29, 0.717) is 0 Å². The number of rotatable bonds is 2. The standard InChI is InChI=1S/C10H13BrO2/c1-6-4-9(11)8(7(2)12)5-10(6)13-3/h4-5,7,12H,1-3H3. The molecule has 0 amide bonds. The van der Waals surface area contributed by atoms with Crippen LogP contribution in [0.3, 0.4) is 0 Å². The first-order valence-electron chi connectivity index (χ1n) is 4.08. The Bertz CT molecular complexity index is 308. The van der Waals surface area contributed by atoms with Crippen molar-refractivity contribution in [2.24, 2.45) is 0 Å². The number of ether oxygens (including phenoxy) is 1. The molecule has 0 aliphatic carbocycles. The molecular weight excluding hydrogens is 232 g/mol. The van der Waals surface area contributed by atoms with Gasteiger partial charge in [-0.25, -0.2) is 0 Å². The number of hydrogen-bond acceptors (Lipinski definition) is 2. The predicted octanol–water partition coefficient (Wildman–Crippen LogP) is 2.82. The Morgan fingerprint density at radius 3 is 2.54 bits per heavy atom. The van der Waals surface area contributed by atoms with Crippen molar-refractivity contribution < 1.29 is 9.84 Å². The zero-order valence-corrected chi connectivity index (χ0v) is 9.55. The van der Waals surface area contributed by atoms with Crippen molar-refractivity contribution in [2.45, 2.75) is 20.0 Å². The lowest BCUT2D eigenvalue weighted by Gasteiger charge is -2.11. The van der Waals surface area contributed by atoms with Crippen LogP contribution in [-0.2, 0) is 0 Å². The molecule has 0 spiro atoms. The van der Waals surface area contributed by atoms with Gasteiger partial charge in [0.05, 0.1) is 13.2 Å². The lowest BCUT2D eigenvalue weighted by Crippen LogP contribution is -1.96. The maximum Gasteiger partial charge on any atom is 0.122 e.